The highest BCUT2D eigenvalue weighted by atomic mass is 16.5. The van der Waals surface area contributed by atoms with Crippen molar-refractivity contribution in [3.63, 3.8) is 0 Å². The number of ether oxygens (including phenoxy) is 1. The van der Waals surface area contributed by atoms with E-state index >= 15 is 0 Å². The minimum Gasteiger partial charge on any atom is -0.473 e. The van der Waals surface area contributed by atoms with Crippen molar-refractivity contribution in [2.75, 3.05) is 13.1 Å². The van der Waals surface area contributed by atoms with Gasteiger partial charge in [-0.05, 0) is 18.6 Å². The first-order chi connectivity index (χ1) is 11.8. The number of hydrogen-bond donors (Lipinski definition) is 0. The van der Waals surface area contributed by atoms with Gasteiger partial charge in [0, 0.05) is 50.8 Å². The third-order valence-corrected chi connectivity index (χ3v) is 4.01. The molecule has 3 heterocycles. The van der Waals surface area contributed by atoms with Crippen LogP contribution in [-0.4, -0.2) is 50.0 Å². The summed E-state index contributed by atoms with van der Waals surface area (Å²) in [5, 5.41) is 12.3. The second kappa shape index (κ2) is 7.72. The Morgan fingerprint density at radius 1 is 1.33 bits per heavy atom. The fourth-order valence-electron chi connectivity index (χ4n) is 2.68. The number of nitrogens with zero attached hydrogens (tertiary/aromatic N) is 5. The van der Waals surface area contributed by atoms with Crippen LogP contribution in [0.3, 0.4) is 0 Å². The van der Waals surface area contributed by atoms with Crippen molar-refractivity contribution in [1.29, 1.82) is 0 Å². The fourth-order valence-corrected chi connectivity index (χ4v) is 2.68. The molecule has 2 aromatic heterocycles. The lowest BCUT2D eigenvalue weighted by Crippen LogP contribution is -2.41. The molecule has 3 rings (SSSR count). The van der Waals surface area contributed by atoms with Gasteiger partial charge in [0.15, 0.2) is 5.82 Å². The van der Waals surface area contributed by atoms with Gasteiger partial charge in [-0.15, -0.1) is 16.8 Å². The maximum atomic E-state index is 12.0. The average molecular weight is 327 g/mol. The molecule has 0 saturated carbocycles. The monoisotopic (exact) mass is 327 g/mol. The summed E-state index contributed by atoms with van der Waals surface area (Å²) in [6, 6.07) is 5.45. The lowest BCUT2D eigenvalue weighted by atomic mass is 10.1. The highest BCUT2D eigenvalue weighted by molar-refractivity contribution is 5.76. The second-order valence-electron chi connectivity index (χ2n) is 5.71. The lowest BCUT2D eigenvalue weighted by molar-refractivity contribution is -0.132. The Kier molecular flexibility index (Phi) is 5.20. The fraction of sp³-hybridized carbons (Fsp3) is 0.412. The SMILES string of the molecule is C=CCCC(=O)N1CCC(Oc2ccc(-n3cccn3)nn2)CC1. The van der Waals surface area contributed by atoms with Crippen LogP contribution in [-0.2, 0) is 4.79 Å². The zero-order chi connectivity index (χ0) is 16.8. The molecule has 24 heavy (non-hydrogen) atoms. The molecule has 1 saturated heterocycles. The third-order valence-electron chi connectivity index (χ3n) is 4.01. The molecule has 0 unspecified atom stereocenters. The van der Waals surface area contributed by atoms with Gasteiger partial charge in [0.2, 0.25) is 11.8 Å². The zero-order valence-corrected chi connectivity index (χ0v) is 13.5. The van der Waals surface area contributed by atoms with Crippen molar-refractivity contribution in [3.8, 4) is 11.7 Å². The Labute approximate surface area is 140 Å². The van der Waals surface area contributed by atoms with E-state index < -0.39 is 0 Å². The minimum atomic E-state index is 0.0679. The lowest BCUT2D eigenvalue weighted by Gasteiger charge is -2.31. The van der Waals surface area contributed by atoms with Crippen LogP contribution in [0.5, 0.6) is 5.88 Å². The highest BCUT2D eigenvalue weighted by Crippen LogP contribution is 2.18. The number of allylic oxidation sites excluding steroid dienone is 1. The van der Waals surface area contributed by atoms with E-state index in [1.54, 1.807) is 23.0 Å². The first kappa shape index (κ1) is 16.2. The van der Waals surface area contributed by atoms with Crippen molar-refractivity contribution in [2.45, 2.75) is 31.8 Å². The van der Waals surface area contributed by atoms with Crippen LogP contribution >= 0.6 is 0 Å². The summed E-state index contributed by atoms with van der Waals surface area (Å²) < 4.78 is 7.52. The van der Waals surface area contributed by atoms with Gasteiger partial charge < -0.3 is 9.64 Å². The third kappa shape index (κ3) is 3.98. The van der Waals surface area contributed by atoms with Crippen LogP contribution in [0, 0.1) is 0 Å². The molecule has 0 radical (unpaired) electrons. The van der Waals surface area contributed by atoms with Crippen molar-refractivity contribution < 1.29 is 9.53 Å². The number of rotatable bonds is 6. The van der Waals surface area contributed by atoms with E-state index in [9.17, 15) is 4.79 Å². The van der Waals surface area contributed by atoms with Gasteiger partial charge >= 0.3 is 0 Å². The first-order valence-corrected chi connectivity index (χ1v) is 8.15. The topological polar surface area (TPSA) is 73.1 Å². The molecule has 0 aromatic carbocycles. The van der Waals surface area contributed by atoms with E-state index in [1.807, 2.05) is 23.2 Å². The van der Waals surface area contributed by atoms with E-state index in [0.717, 1.165) is 32.4 Å². The maximum Gasteiger partial charge on any atom is 0.233 e. The van der Waals surface area contributed by atoms with Gasteiger partial charge in [0.25, 0.3) is 0 Å². The van der Waals surface area contributed by atoms with Crippen molar-refractivity contribution >= 4 is 5.91 Å². The van der Waals surface area contributed by atoms with Crippen molar-refractivity contribution in [3.05, 3.63) is 43.2 Å². The molecule has 0 atom stereocenters. The molecule has 0 aliphatic carbocycles. The molecular weight excluding hydrogens is 306 g/mol. The van der Waals surface area contributed by atoms with Crippen LogP contribution in [0.1, 0.15) is 25.7 Å². The smallest absolute Gasteiger partial charge is 0.233 e. The Hall–Kier alpha value is -2.70. The van der Waals surface area contributed by atoms with Gasteiger partial charge in [0.05, 0.1) is 0 Å². The second-order valence-corrected chi connectivity index (χ2v) is 5.71. The molecule has 0 spiro atoms. The summed E-state index contributed by atoms with van der Waals surface area (Å²) in [4.78, 5) is 13.9. The number of aromatic nitrogens is 4. The average Bonchev–Trinajstić information content (AvgIpc) is 3.15. The van der Waals surface area contributed by atoms with Crippen LogP contribution in [0.2, 0.25) is 0 Å². The quantitative estimate of drug-likeness (QED) is 0.759. The molecule has 1 aliphatic rings. The van der Waals surface area contributed by atoms with Crippen molar-refractivity contribution in [1.82, 2.24) is 24.9 Å². The first-order valence-electron chi connectivity index (χ1n) is 8.15. The summed E-state index contributed by atoms with van der Waals surface area (Å²) in [5.74, 6) is 1.34. The minimum absolute atomic E-state index is 0.0679. The van der Waals surface area contributed by atoms with Gasteiger partial charge in [-0.2, -0.15) is 5.10 Å². The summed E-state index contributed by atoms with van der Waals surface area (Å²) in [7, 11) is 0. The van der Waals surface area contributed by atoms with Crippen LogP contribution in [0.4, 0.5) is 0 Å². The highest BCUT2D eigenvalue weighted by Gasteiger charge is 2.23. The summed E-state index contributed by atoms with van der Waals surface area (Å²) in [6.45, 7) is 5.09. The van der Waals surface area contributed by atoms with Gasteiger partial charge in [-0.1, -0.05) is 6.08 Å². The van der Waals surface area contributed by atoms with E-state index in [-0.39, 0.29) is 12.0 Å². The number of likely N-dealkylation sites (tertiary alicyclic amines) is 1. The Balaban J connectivity index is 1.49. The van der Waals surface area contributed by atoms with Crippen LogP contribution < -0.4 is 4.74 Å². The molecule has 126 valence electrons. The number of hydrogen-bond acceptors (Lipinski definition) is 5. The van der Waals surface area contributed by atoms with Gasteiger partial charge in [-0.3, -0.25) is 4.79 Å². The summed E-state index contributed by atoms with van der Waals surface area (Å²) in [5.41, 5.74) is 0. The van der Waals surface area contributed by atoms with E-state index in [1.165, 1.54) is 0 Å². The molecule has 1 amide bonds. The predicted molar refractivity (Wildman–Crippen MR) is 88.8 cm³/mol. The Morgan fingerprint density at radius 3 is 2.79 bits per heavy atom. The number of carbonyl (C=O) groups excluding carboxylic acids is 1. The molecule has 0 N–H and O–H groups in total. The number of carbonyl (C=O) groups is 1. The molecular formula is C17H21N5O2. The van der Waals surface area contributed by atoms with E-state index in [2.05, 4.69) is 21.9 Å². The molecule has 1 aliphatic heterocycles. The van der Waals surface area contributed by atoms with Gasteiger partial charge in [0.1, 0.15) is 6.10 Å². The standard InChI is InChI=1S/C17H21N5O2/c1-2-3-5-17(23)21-12-8-14(9-13-21)24-16-7-6-15(19-20-16)22-11-4-10-18-22/h2,4,6-7,10-11,14H,1,3,5,8-9,12-13H2. The summed E-state index contributed by atoms with van der Waals surface area (Å²) >= 11 is 0. The van der Waals surface area contributed by atoms with Crippen LogP contribution in [0.25, 0.3) is 5.82 Å². The largest absolute Gasteiger partial charge is 0.473 e. The van der Waals surface area contributed by atoms with Gasteiger partial charge in [-0.25, -0.2) is 4.68 Å². The molecule has 0 bridgehead atoms. The maximum absolute atomic E-state index is 12.0. The van der Waals surface area contributed by atoms with Crippen LogP contribution in [0.15, 0.2) is 43.2 Å². The zero-order valence-electron chi connectivity index (χ0n) is 13.5. The number of piperidine rings is 1. The molecule has 1 fully saturated rings. The van der Waals surface area contributed by atoms with E-state index in [4.69, 9.17) is 4.74 Å². The normalized spacial score (nSPS) is 15.2. The summed E-state index contributed by atoms with van der Waals surface area (Å²) in [6.07, 6.45) is 8.23. The van der Waals surface area contributed by atoms with E-state index in [0.29, 0.717) is 18.1 Å². The number of amides is 1. The predicted octanol–water partition coefficient (Wildman–Crippen LogP) is 2.00. The van der Waals surface area contributed by atoms with Crippen molar-refractivity contribution in [2.24, 2.45) is 0 Å². The Morgan fingerprint density at radius 2 is 2.17 bits per heavy atom. The Bertz CT molecular complexity index is 661. The molecule has 2 aromatic rings. The molecule has 7 nitrogen and oxygen atoms in total. The molecule has 7 heteroatoms.